The first-order chi connectivity index (χ1) is 9.93. The second-order valence-corrected chi connectivity index (χ2v) is 6.08. The third-order valence-electron chi connectivity index (χ3n) is 4.25. The van der Waals surface area contributed by atoms with Crippen LogP contribution in [0.4, 0.5) is 0 Å². The standard InChI is InChI=1S/C15H21ClN2O3/c1-3-5-15(14(20)21)6-7-18(10-15)13(19)12-8-11(16)9-17(12)4-2/h8-9H,3-7,10H2,1-2H3,(H,20,21). The Morgan fingerprint density at radius 3 is 2.71 bits per heavy atom. The molecule has 1 aromatic rings. The SMILES string of the molecule is CCCC1(C(=O)O)CCN(C(=O)c2cc(Cl)cn2CC)C1. The van der Waals surface area contributed by atoms with Crippen LogP contribution in [0.3, 0.4) is 0 Å². The Labute approximate surface area is 129 Å². The molecule has 2 rings (SSSR count). The van der Waals surface area contributed by atoms with E-state index in [1.165, 1.54) is 0 Å². The molecule has 0 aromatic carbocycles. The smallest absolute Gasteiger partial charge is 0.311 e. The number of halogens is 1. The van der Waals surface area contributed by atoms with Crippen molar-refractivity contribution in [1.29, 1.82) is 0 Å². The predicted octanol–water partition coefficient (Wildman–Crippen LogP) is 2.88. The molecule has 0 bridgehead atoms. The average molecular weight is 313 g/mol. The molecule has 2 heterocycles. The molecule has 116 valence electrons. The highest BCUT2D eigenvalue weighted by Crippen LogP contribution is 2.36. The Balaban J connectivity index is 2.20. The van der Waals surface area contributed by atoms with E-state index < -0.39 is 11.4 Å². The molecule has 1 aromatic heterocycles. The topological polar surface area (TPSA) is 62.5 Å². The Hall–Kier alpha value is -1.49. The number of aliphatic carboxylic acids is 1. The third-order valence-corrected chi connectivity index (χ3v) is 4.45. The van der Waals surface area contributed by atoms with Crippen molar-refractivity contribution in [2.75, 3.05) is 13.1 Å². The summed E-state index contributed by atoms with van der Waals surface area (Å²) in [6, 6.07) is 1.65. The minimum atomic E-state index is -0.802. The van der Waals surface area contributed by atoms with Gasteiger partial charge in [0.05, 0.1) is 10.4 Å². The van der Waals surface area contributed by atoms with Gasteiger partial charge in [0.2, 0.25) is 0 Å². The van der Waals surface area contributed by atoms with Gasteiger partial charge in [-0.2, -0.15) is 0 Å². The van der Waals surface area contributed by atoms with Crippen LogP contribution in [0.1, 0.15) is 43.6 Å². The van der Waals surface area contributed by atoms with Gasteiger partial charge in [-0.25, -0.2) is 0 Å². The number of aromatic nitrogens is 1. The van der Waals surface area contributed by atoms with Crippen molar-refractivity contribution in [3.8, 4) is 0 Å². The number of amides is 1. The highest BCUT2D eigenvalue weighted by Gasteiger charge is 2.45. The number of carboxylic acid groups (broad SMARTS) is 1. The lowest BCUT2D eigenvalue weighted by Gasteiger charge is -2.24. The first-order valence-electron chi connectivity index (χ1n) is 7.32. The van der Waals surface area contributed by atoms with E-state index >= 15 is 0 Å². The zero-order valence-electron chi connectivity index (χ0n) is 12.4. The average Bonchev–Trinajstić information content (AvgIpc) is 3.03. The molecule has 0 spiro atoms. The van der Waals surface area contributed by atoms with E-state index in [0.717, 1.165) is 6.42 Å². The van der Waals surface area contributed by atoms with E-state index in [0.29, 0.717) is 36.6 Å². The number of carbonyl (C=O) groups is 2. The van der Waals surface area contributed by atoms with Gasteiger partial charge in [0.1, 0.15) is 5.69 Å². The van der Waals surface area contributed by atoms with Crippen LogP contribution in [0.5, 0.6) is 0 Å². The Kier molecular flexibility index (Phi) is 4.61. The van der Waals surface area contributed by atoms with Gasteiger partial charge in [-0.1, -0.05) is 24.9 Å². The van der Waals surface area contributed by atoms with Crippen molar-refractivity contribution >= 4 is 23.5 Å². The highest BCUT2D eigenvalue weighted by molar-refractivity contribution is 6.31. The second-order valence-electron chi connectivity index (χ2n) is 5.64. The fourth-order valence-electron chi connectivity index (χ4n) is 3.09. The number of hydrogen-bond donors (Lipinski definition) is 1. The summed E-state index contributed by atoms with van der Waals surface area (Å²) in [5.74, 6) is -0.938. The van der Waals surface area contributed by atoms with Crippen molar-refractivity contribution in [2.24, 2.45) is 5.41 Å². The lowest BCUT2D eigenvalue weighted by Crippen LogP contribution is -2.37. The van der Waals surface area contributed by atoms with Crippen LogP contribution in [-0.4, -0.2) is 39.5 Å². The summed E-state index contributed by atoms with van der Waals surface area (Å²) in [6.07, 6.45) is 3.64. The van der Waals surface area contributed by atoms with Gasteiger partial charge < -0.3 is 14.6 Å². The van der Waals surface area contributed by atoms with Crippen LogP contribution in [0.2, 0.25) is 5.02 Å². The fourth-order valence-corrected chi connectivity index (χ4v) is 3.31. The van der Waals surface area contributed by atoms with Crippen LogP contribution >= 0.6 is 11.6 Å². The normalized spacial score (nSPS) is 21.8. The van der Waals surface area contributed by atoms with Crippen molar-refractivity contribution in [3.05, 3.63) is 23.0 Å². The van der Waals surface area contributed by atoms with Crippen LogP contribution in [0, 0.1) is 5.41 Å². The number of likely N-dealkylation sites (tertiary alicyclic amines) is 1. The number of carbonyl (C=O) groups excluding carboxylic acids is 1. The van der Waals surface area contributed by atoms with Crippen LogP contribution in [0.25, 0.3) is 0 Å². The van der Waals surface area contributed by atoms with Crippen molar-refractivity contribution in [3.63, 3.8) is 0 Å². The Morgan fingerprint density at radius 2 is 2.14 bits per heavy atom. The molecule has 0 saturated carbocycles. The quantitative estimate of drug-likeness (QED) is 0.909. The molecule has 1 N–H and O–H groups in total. The van der Waals surface area contributed by atoms with Crippen LogP contribution < -0.4 is 0 Å². The van der Waals surface area contributed by atoms with Crippen molar-refractivity contribution < 1.29 is 14.7 Å². The molecular formula is C15H21ClN2O3. The van der Waals surface area contributed by atoms with Gasteiger partial charge in [-0.05, 0) is 25.8 Å². The molecule has 1 atom stereocenters. The molecule has 21 heavy (non-hydrogen) atoms. The third kappa shape index (κ3) is 2.93. The van der Waals surface area contributed by atoms with Gasteiger partial charge in [0, 0.05) is 25.8 Å². The summed E-state index contributed by atoms with van der Waals surface area (Å²) in [5, 5.41) is 10.0. The molecule has 0 aliphatic carbocycles. The summed E-state index contributed by atoms with van der Waals surface area (Å²) in [6.45, 7) is 5.33. The van der Waals surface area contributed by atoms with E-state index in [1.54, 1.807) is 21.7 Å². The van der Waals surface area contributed by atoms with Gasteiger partial charge in [0.15, 0.2) is 0 Å². The minimum Gasteiger partial charge on any atom is -0.481 e. The Morgan fingerprint density at radius 1 is 1.43 bits per heavy atom. The molecule has 1 fully saturated rings. The molecule has 1 amide bonds. The zero-order valence-corrected chi connectivity index (χ0v) is 13.2. The first-order valence-corrected chi connectivity index (χ1v) is 7.69. The summed E-state index contributed by atoms with van der Waals surface area (Å²) >= 11 is 5.97. The maximum absolute atomic E-state index is 12.6. The molecule has 1 saturated heterocycles. The second kappa shape index (κ2) is 6.10. The van der Waals surface area contributed by atoms with Crippen molar-refractivity contribution in [1.82, 2.24) is 9.47 Å². The van der Waals surface area contributed by atoms with Crippen LogP contribution in [0.15, 0.2) is 12.3 Å². The van der Waals surface area contributed by atoms with Gasteiger partial charge in [0.25, 0.3) is 5.91 Å². The van der Waals surface area contributed by atoms with E-state index in [-0.39, 0.29) is 12.5 Å². The maximum Gasteiger partial charge on any atom is 0.311 e. The summed E-state index contributed by atoms with van der Waals surface area (Å²) in [4.78, 5) is 25.8. The number of carboxylic acids is 1. The number of rotatable bonds is 5. The van der Waals surface area contributed by atoms with E-state index in [9.17, 15) is 14.7 Å². The molecular weight excluding hydrogens is 292 g/mol. The molecule has 1 aliphatic heterocycles. The lowest BCUT2D eigenvalue weighted by molar-refractivity contribution is -0.148. The van der Waals surface area contributed by atoms with E-state index in [1.807, 2.05) is 13.8 Å². The Bertz CT molecular complexity index is 555. The lowest BCUT2D eigenvalue weighted by atomic mass is 9.83. The number of hydrogen-bond acceptors (Lipinski definition) is 2. The first kappa shape index (κ1) is 15.9. The van der Waals surface area contributed by atoms with Gasteiger partial charge >= 0.3 is 5.97 Å². The minimum absolute atomic E-state index is 0.136. The van der Waals surface area contributed by atoms with Crippen molar-refractivity contribution in [2.45, 2.75) is 39.7 Å². The number of aryl methyl sites for hydroxylation is 1. The molecule has 6 heteroatoms. The monoisotopic (exact) mass is 312 g/mol. The van der Waals surface area contributed by atoms with E-state index in [2.05, 4.69) is 0 Å². The zero-order chi connectivity index (χ0) is 15.6. The summed E-state index contributed by atoms with van der Waals surface area (Å²) in [5.41, 5.74) is -0.266. The largest absolute Gasteiger partial charge is 0.481 e. The molecule has 1 unspecified atom stereocenters. The van der Waals surface area contributed by atoms with Gasteiger partial charge in [-0.15, -0.1) is 0 Å². The predicted molar refractivity (Wildman–Crippen MR) is 80.6 cm³/mol. The molecule has 0 radical (unpaired) electrons. The summed E-state index contributed by atoms with van der Waals surface area (Å²) in [7, 11) is 0. The summed E-state index contributed by atoms with van der Waals surface area (Å²) < 4.78 is 1.80. The molecule has 5 nitrogen and oxygen atoms in total. The maximum atomic E-state index is 12.6. The fraction of sp³-hybridized carbons (Fsp3) is 0.600. The molecule has 1 aliphatic rings. The van der Waals surface area contributed by atoms with E-state index in [4.69, 9.17) is 11.6 Å². The van der Waals surface area contributed by atoms with Gasteiger partial charge in [-0.3, -0.25) is 9.59 Å². The highest BCUT2D eigenvalue weighted by atomic mass is 35.5. The van der Waals surface area contributed by atoms with Crippen LogP contribution in [-0.2, 0) is 11.3 Å². The number of nitrogens with zero attached hydrogens (tertiary/aromatic N) is 2.